The lowest BCUT2D eigenvalue weighted by molar-refractivity contribution is -0.122. The molecule has 2 aliphatic heterocycles. The summed E-state index contributed by atoms with van der Waals surface area (Å²) < 4.78 is 16.3. The highest BCUT2D eigenvalue weighted by molar-refractivity contribution is 7.80. The number of benzene rings is 1. The van der Waals surface area contributed by atoms with Crippen molar-refractivity contribution in [2.45, 2.75) is 0 Å². The molecule has 0 radical (unpaired) electrons. The molecule has 2 amide bonds. The quantitative estimate of drug-likeness (QED) is 0.466. The fraction of sp³-hybridized carbons (Fsp3) is 0.250. The first-order valence-electron chi connectivity index (χ1n) is 9.05. The Bertz CT molecular complexity index is 976. The van der Waals surface area contributed by atoms with E-state index in [1.54, 1.807) is 37.4 Å². The Morgan fingerprint density at radius 2 is 1.83 bits per heavy atom. The molecular weight excluding hydrogens is 394 g/mol. The monoisotopic (exact) mass is 413 g/mol. The van der Waals surface area contributed by atoms with Crippen LogP contribution in [0.4, 0.5) is 11.6 Å². The summed E-state index contributed by atoms with van der Waals surface area (Å²) in [7, 11) is 1.56. The molecule has 0 spiro atoms. The van der Waals surface area contributed by atoms with Gasteiger partial charge in [-0.3, -0.25) is 19.8 Å². The largest absolute Gasteiger partial charge is 0.497 e. The van der Waals surface area contributed by atoms with Gasteiger partial charge in [0.2, 0.25) is 0 Å². The van der Waals surface area contributed by atoms with Crippen molar-refractivity contribution in [2.24, 2.45) is 0 Å². The van der Waals surface area contributed by atoms with Crippen LogP contribution in [0.15, 0.2) is 46.4 Å². The maximum absolute atomic E-state index is 13.0. The maximum Gasteiger partial charge on any atom is 0.270 e. The smallest absolute Gasteiger partial charge is 0.270 e. The molecule has 2 saturated heterocycles. The van der Waals surface area contributed by atoms with Crippen LogP contribution in [0.5, 0.6) is 5.75 Å². The second kappa shape index (κ2) is 8.06. The molecule has 1 aromatic carbocycles. The Hall–Kier alpha value is -3.17. The average Bonchev–Trinajstić information content (AvgIpc) is 3.21. The predicted octanol–water partition coefficient (Wildman–Crippen LogP) is 1.96. The third-order valence-corrected chi connectivity index (χ3v) is 4.94. The topological polar surface area (TPSA) is 84.2 Å². The van der Waals surface area contributed by atoms with Crippen LogP contribution in [0, 0.1) is 0 Å². The number of methoxy groups -OCH3 is 1. The second-order valence-electron chi connectivity index (χ2n) is 6.43. The van der Waals surface area contributed by atoms with E-state index in [9.17, 15) is 9.59 Å². The molecule has 8 nitrogen and oxygen atoms in total. The first-order valence-corrected chi connectivity index (χ1v) is 9.45. The standard InChI is InChI=1S/C20H19N3O5S/c1-26-14-4-2-13(3-5-14)23-19(25)16(18(24)21-20(23)29)12-15-6-7-17(28-15)22-8-10-27-11-9-22/h2-7,12H,8-11H2,1H3,(H,21,24,29)/b16-12+. The lowest BCUT2D eigenvalue weighted by Crippen LogP contribution is -2.54. The molecule has 3 heterocycles. The summed E-state index contributed by atoms with van der Waals surface area (Å²) in [6.07, 6.45) is 1.43. The molecule has 0 bridgehead atoms. The normalized spacial score (nSPS) is 18.9. The van der Waals surface area contributed by atoms with Gasteiger partial charge in [0.05, 0.1) is 26.0 Å². The van der Waals surface area contributed by atoms with Crippen molar-refractivity contribution in [2.75, 3.05) is 43.2 Å². The summed E-state index contributed by atoms with van der Waals surface area (Å²) in [6.45, 7) is 2.71. The number of furan rings is 1. The number of nitrogens with one attached hydrogen (secondary N) is 1. The van der Waals surface area contributed by atoms with Gasteiger partial charge < -0.3 is 18.8 Å². The molecule has 2 aliphatic rings. The highest BCUT2D eigenvalue weighted by Gasteiger charge is 2.34. The van der Waals surface area contributed by atoms with Crippen LogP contribution in [0.3, 0.4) is 0 Å². The third-order valence-electron chi connectivity index (χ3n) is 4.65. The molecule has 1 N–H and O–H groups in total. The van der Waals surface area contributed by atoms with Crippen molar-refractivity contribution in [3.05, 3.63) is 47.7 Å². The third kappa shape index (κ3) is 3.87. The van der Waals surface area contributed by atoms with E-state index in [1.165, 1.54) is 11.0 Å². The number of rotatable bonds is 4. The summed E-state index contributed by atoms with van der Waals surface area (Å²) in [5, 5.41) is 2.58. The first-order chi connectivity index (χ1) is 14.1. The molecule has 29 heavy (non-hydrogen) atoms. The number of morpholine rings is 1. The van der Waals surface area contributed by atoms with Gasteiger partial charge in [0, 0.05) is 19.2 Å². The number of amides is 2. The van der Waals surface area contributed by atoms with Crippen LogP contribution >= 0.6 is 12.2 Å². The van der Waals surface area contributed by atoms with E-state index in [1.807, 2.05) is 11.0 Å². The zero-order valence-corrected chi connectivity index (χ0v) is 16.5. The average molecular weight is 413 g/mol. The molecule has 1 aromatic heterocycles. The number of nitrogens with zero attached hydrogens (tertiary/aromatic N) is 2. The zero-order chi connectivity index (χ0) is 20.4. The lowest BCUT2D eigenvalue weighted by Gasteiger charge is -2.28. The summed E-state index contributed by atoms with van der Waals surface area (Å²) >= 11 is 5.20. The highest BCUT2D eigenvalue weighted by atomic mass is 32.1. The fourth-order valence-electron chi connectivity index (χ4n) is 3.14. The van der Waals surface area contributed by atoms with Gasteiger partial charge in [-0.25, -0.2) is 0 Å². The van der Waals surface area contributed by atoms with E-state index in [0.29, 0.717) is 36.3 Å². The predicted molar refractivity (Wildman–Crippen MR) is 111 cm³/mol. The van der Waals surface area contributed by atoms with Crippen LogP contribution in [0.25, 0.3) is 6.08 Å². The lowest BCUT2D eigenvalue weighted by atomic mass is 10.1. The zero-order valence-electron chi connectivity index (χ0n) is 15.7. The summed E-state index contributed by atoms with van der Waals surface area (Å²) in [4.78, 5) is 28.7. The molecule has 9 heteroatoms. The SMILES string of the molecule is COc1ccc(N2C(=O)/C(=C/c3ccc(N4CCOCC4)o3)C(=O)NC2=S)cc1. The van der Waals surface area contributed by atoms with Gasteiger partial charge in [0.25, 0.3) is 11.8 Å². The molecule has 0 atom stereocenters. The molecule has 4 rings (SSSR count). The Morgan fingerprint density at radius 1 is 1.10 bits per heavy atom. The van der Waals surface area contributed by atoms with Crippen LogP contribution < -0.4 is 19.9 Å². The van der Waals surface area contributed by atoms with E-state index in [4.69, 9.17) is 26.1 Å². The number of hydrogen-bond donors (Lipinski definition) is 1. The number of carbonyl (C=O) groups is 2. The van der Waals surface area contributed by atoms with E-state index < -0.39 is 11.8 Å². The Labute approximate surface area is 172 Å². The minimum absolute atomic E-state index is 0.0239. The Balaban J connectivity index is 1.60. The fourth-order valence-corrected chi connectivity index (χ4v) is 3.42. The van der Waals surface area contributed by atoms with Crippen LogP contribution in [-0.4, -0.2) is 50.3 Å². The molecule has 0 saturated carbocycles. The minimum atomic E-state index is -0.561. The van der Waals surface area contributed by atoms with Gasteiger partial charge in [0.15, 0.2) is 11.0 Å². The van der Waals surface area contributed by atoms with Crippen molar-refractivity contribution in [1.29, 1.82) is 0 Å². The molecule has 0 unspecified atom stereocenters. The van der Waals surface area contributed by atoms with Gasteiger partial charge in [-0.2, -0.15) is 0 Å². The van der Waals surface area contributed by atoms with Crippen molar-refractivity contribution in [1.82, 2.24) is 5.32 Å². The molecule has 2 aromatic rings. The second-order valence-corrected chi connectivity index (χ2v) is 6.82. The van der Waals surface area contributed by atoms with Crippen LogP contribution in [0.1, 0.15) is 5.76 Å². The van der Waals surface area contributed by atoms with E-state index >= 15 is 0 Å². The van der Waals surface area contributed by atoms with Crippen LogP contribution in [0.2, 0.25) is 0 Å². The number of carbonyl (C=O) groups excluding carboxylic acids is 2. The number of hydrogen-bond acceptors (Lipinski definition) is 7. The van der Waals surface area contributed by atoms with Crippen molar-refractivity contribution >= 4 is 46.8 Å². The molecule has 0 aliphatic carbocycles. The summed E-state index contributed by atoms with van der Waals surface area (Å²) in [6, 6.07) is 10.4. The van der Waals surface area contributed by atoms with E-state index in [-0.39, 0.29) is 10.7 Å². The molecule has 150 valence electrons. The summed E-state index contributed by atoms with van der Waals surface area (Å²) in [5.41, 5.74) is 0.470. The number of anilines is 2. The van der Waals surface area contributed by atoms with E-state index in [2.05, 4.69) is 5.32 Å². The Kier molecular flexibility index (Phi) is 5.32. The van der Waals surface area contributed by atoms with Gasteiger partial charge in [-0.15, -0.1) is 0 Å². The first kappa shape index (κ1) is 19.2. The Morgan fingerprint density at radius 3 is 2.52 bits per heavy atom. The molecule has 2 fully saturated rings. The van der Waals surface area contributed by atoms with Gasteiger partial charge >= 0.3 is 0 Å². The maximum atomic E-state index is 13.0. The van der Waals surface area contributed by atoms with Crippen molar-refractivity contribution in [3.63, 3.8) is 0 Å². The van der Waals surface area contributed by atoms with Gasteiger partial charge in [0.1, 0.15) is 17.1 Å². The molecular formula is C20H19N3O5S. The minimum Gasteiger partial charge on any atom is -0.497 e. The highest BCUT2D eigenvalue weighted by Crippen LogP contribution is 2.26. The van der Waals surface area contributed by atoms with Crippen molar-refractivity contribution in [3.8, 4) is 5.75 Å². The summed E-state index contributed by atoms with van der Waals surface area (Å²) in [5.74, 6) is 0.649. The van der Waals surface area contributed by atoms with Crippen molar-refractivity contribution < 1.29 is 23.5 Å². The van der Waals surface area contributed by atoms with Gasteiger partial charge in [-0.05, 0) is 48.6 Å². The number of ether oxygens (including phenoxy) is 2. The van der Waals surface area contributed by atoms with Gasteiger partial charge in [-0.1, -0.05) is 0 Å². The van der Waals surface area contributed by atoms with Crippen LogP contribution in [-0.2, 0) is 14.3 Å². The number of thiocarbonyl (C=S) groups is 1. The van der Waals surface area contributed by atoms with E-state index in [0.717, 1.165) is 13.1 Å².